The Hall–Kier alpha value is -2.94. The molecule has 39 heavy (non-hydrogen) atoms. The van der Waals surface area contributed by atoms with E-state index < -0.39 is 13.7 Å². The van der Waals surface area contributed by atoms with Crippen molar-refractivity contribution in [2.24, 2.45) is 5.92 Å². The molecule has 4 atom stereocenters. The number of rotatable bonds is 8. The molecule has 1 N–H and O–H groups in total. The Morgan fingerprint density at radius 3 is 2.56 bits per heavy atom. The van der Waals surface area contributed by atoms with Crippen LogP contribution in [0.2, 0.25) is 18.6 Å². The van der Waals surface area contributed by atoms with Crippen LogP contribution in [0.3, 0.4) is 0 Å². The van der Waals surface area contributed by atoms with Gasteiger partial charge in [0.25, 0.3) is 5.91 Å². The van der Waals surface area contributed by atoms with Crippen LogP contribution >= 0.6 is 0 Å². The Balaban J connectivity index is 1.63. The lowest BCUT2D eigenvalue weighted by Gasteiger charge is -2.37. The third-order valence-corrected chi connectivity index (χ3v) is 13.5. The van der Waals surface area contributed by atoms with Crippen LogP contribution in [0, 0.1) is 5.92 Å². The predicted molar refractivity (Wildman–Crippen MR) is 156 cm³/mol. The summed E-state index contributed by atoms with van der Waals surface area (Å²) in [4.78, 5) is 30.8. The molecule has 3 heterocycles. The molecule has 0 aromatic heterocycles. The molecule has 0 saturated carbocycles. The third kappa shape index (κ3) is 4.33. The number of anilines is 2. The fourth-order valence-corrected chi connectivity index (χ4v) is 11.3. The van der Waals surface area contributed by atoms with Crippen molar-refractivity contribution in [1.82, 2.24) is 0 Å². The zero-order valence-electron chi connectivity index (χ0n) is 23.5. The molecule has 208 valence electrons. The van der Waals surface area contributed by atoms with Gasteiger partial charge in [0.1, 0.15) is 5.75 Å². The Morgan fingerprint density at radius 1 is 1.18 bits per heavy atom. The Labute approximate surface area is 232 Å². The minimum atomic E-state index is -2.23. The van der Waals surface area contributed by atoms with E-state index in [1.165, 1.54) is 5.19 Å². The number of hydrogen-bond donors (Lipinski definition) is 1. The van der Waals surface area contributed by atoms with Gasteiger partial charge in [0.15, 0.2) is 5.60 Å². The molecular formula is C31H40N2O5Si. The first-order valence-electron chi connectivity index (χ1n) is 14.0. The van der Waals surface area contributed by atoms with Gasteiger partial charge in [0.2, 0.25) is 5.91 Å². The molecule has 2 amide bonds. The van der Waals surface area contributed by atoms with Crippen molar-refractivity contribution in [1.29, 1.82) is 0 Å². The zero-order valence-corrected chi connectivity index (χ0v) is 24.5. The van der Waals surface area contributed by atoms with Gasteiger partial charge >= 0.3 is 0 Å². The first kappa shape index (κ1) is 27.6. The Bertz CT molecular complexity index is 1260. The van der Waals surface area contributed by atoms with E-state index in [1.54, 1.807) is 18.1 Å². The number of hydrogen-bond acceptors (Lipinski definition) is 5. The van der Waals surface area contributed by atoms with E-state index >= 15 is 0 Å². The minimum absolute atomic E-state index is 0.0171. The van der Waals surface area contributed by atoms with Gasteiger partial charge in [0.05, 0.1) is 27.0 Å². The van der Waals surface area contributed by atoms with E-state index in [0.29, 0.717) is 25.9 Å². The van der Waals surface area contributed by atoms with Crippen molar-refractivity contribution in [3.05, 3.63) is 60.7 Å². The number of aliphatic hydroxyl groups is 1. The lowest BCUT2D eigenvalue weighted by atomic mass is 9.82. The highest BCUT2D eigenvalue weighted by Gasteiger charge is 2.66. The van der Waals surface area contributed by atoms with Crippen LogP contribution in [0.25, 0.3) is 0 Å². The molecule has 0 aliphatic carbocycles. The summed E-state index contributed by atoms with van der Waals surface area (Å²) in [6.45, 7) is 11.7. The van der Waals surface area contributed by atoms with E-state index in [1.807, 2.05) is 35.2 Å². The number of nitrogens with zero attached hydrogens (tertiary/aromatic N) is 2. The largest absolute Gasteiger partial charge is 0.497 e. The lowest BCUT2D eigenvalue weighted by molar-refractivity contribution is -0.146. The van der Waals surface area contributed by atoms with Crippen molar-refractivity contribution in [2.45, 2.75) is 62.9 Å². The molecule has 3 aliphatic rings. The molecule has 0 radical (unpaired) electrons. The van der Waals surface area contributed by atoms with Crippen molar-refractivity contribution in [3.8, 4) is 5.75 Å². The molecule has 2 aromatic rings. The van der Waals surface area contributed by atoms with Crippen molar-refractivity contribution in [2.75, 3.05) is 36.6 Å². The Morgan fingerprint density at radius 2 is 1.92 bits per heavy atom. The maximum absolute atomic E-state index is 14.4. The lowest BCUT2D eigenvalue weighted by Crippen LogP contribution is -2.52. The molecule has 5 rings (SSSR count). The highest BCUT2D eigenvalue weighted by atomic mass is 28.3. The van der Waals surface area contributed by atoms with Crippen LogP contribution in [0.4, 0.5) is 11.4 Å². The highest BCUT2D eigenvalue weighted by Crippen LogP contribution is 2.60. The number of methoxy groups -OCH3 is 1. The second kappa shape index (κ2) is 10.6. The van der Waals surface area contributed by atoms with Crippen LogP contribution in [0.1, 0.15) is 38.2 Å². The highest BCUT2D eigenvalue weighted by molar-refractivity contribution is 6.91. The van der Waals surface area contributed by atoms with Crippen LogP contribution in [0.5, 0.6) is 5.75 Å². The van der Waals surface area contributed by atoms with E-state index in [-0.39, 0.29) is 36.0 Å². The standard InChI is InChI=1S/C31H40N2O5Si/c1-6-17-33-26-15-10-22(32-18-8-7-9-28(32)35)20-25(26)31(30(33)36)21(2)29(27(38-31)16-19-34)39(4,5)24-13-11-23(37-3)12-14-24/h6,10-15,20-21,27,29,34H,1,7-9,16-19H2,2-5H3/t21-,27+,29-,31+/m1/s1. The summed E-state index contributed by atoms with van der Waals surface area (Å²) in [5, 5.41) is 11.3. The second-order valence-corrected chi connectivity index (χ2v) is 16.3. The average Bonchev–Trinajstić information content (AvgIpc) is 3.36. The smallest absolute Gasteiger partial charge is 0.264 e. The predicted octanol–water partition coefficient (Wildman–Crippen LogP) is 4.34. The molecular weight excluding hydrogens is 508 g/mol. The number of carbonyl (C=O) groups is 2. The second-order valence-electron chi connectivity index (χ2n) is 11.6. The first-order chi connectivity index (χ1) is 18.7. The molecule has 3 aliphatic heterocycles. The third-order valence-electron chi connectivity index (χ3n) is 9.18. The van der Waals surface area contributed by atoms with Crippen molar-refractivity contribution in [3.63, 3.8) is 0 Å². The summed E-state index contributed by atoms with van der Waals surface area (Å²) in [7, 11) is -0.572. The molecule has 0 bridgehead atoms. The molecule has 2 saturated heterocycles. The fourth-order valence-electron chi connectivity index (χ4n) is 7.26. The molecule has 2 aromatic carbocycles. The summed E-state index contributed by atoms with van der Waals surface area (Å²) in [5.41, 5.74) is 1.33. The normalized spacial score (nSPS) is 26.8. The molecule has 8 heteroatoms. The summed E-state index contributed by atoms with van der Waals surface area (Å²) in [6.07, 6.45) is 4.32. The topological polar surface area (TPSA) is 79.3 Å². The van der Waals surface area contributed by atoms with Gasteiger partial charge in [-0.3, -0.25) is 9.59 Å². The number of piperidine rings is 1. The summed E-state index contributed by atoms with van der Waals surface area (Å²) in [6, 6.07) is 14.2. The van der Waals surface area contributed by atoms with Crippen LogP contribution < -0.4 is 19.7 Å². The fraction of sp³-hybridized carbons (Fsp3) is 0.484. The SMILES string of the molecule is C=CCN1C(=O)[C@@]2(O[C@@H](CCO)[C@H]([Si](C)(C)c3ccc(OC)cc3)[C@H]2C)c2cc(N3CCCCC3=O)ccc21. The van der Waals surface area contributed by atoms with E-state index in [0.717, 1.165) is 35.5 Å². The number of fused-ring (bicyclic) bond motifs is 2. The number of benzene rings is 2. The van der Waals surface area contributed by atoms with Gasteiger partial charge in [-0.05, 0) is 55.1 Å². The van der Waals surface area contributed by atoms with E-state index in [4.69, 9.17) is 9.47 Å². The number of aliphatic hydroxyl groups excluding tert-OH is 1. The van der Waals surface area contributed by atoms with Gasteiger partial charge in [-0.15, -0.1) is 6.58 Å². The zero-order chi connectivity index (χ0) is 27.9. The summed E-state index contributed by atoms with van der Waals surface area (Å²) >= 11 is 0. The van der Waals surface area contributed by atoms with Gasteiger partial charge < -0.3 is 24.4 Å². The summed E-state index contributed by atoms with van der Waals surface area (Å²) < 4.78 is 12.3. The summed E-state index contributed by atoms with van der Waals surface area (Å²) in [5.74, 6) is 0.692. The number of ether oxygens (including phenoxy) is 2. The van der Waals surface area contributed by atoms with Gasteiger partial charge in [-0.2, -0.15) is 0 Å². The molecule has 0 unspecified atom stereocenters. The van der Waals surface area contributed by atoms with Gasteiger partial charge in [0, 0.05) is 43.3 Å². The molecule has 2 fully saturated rings. The molecule has 7 nitrogen and oxygen atoms in total. The van der Waals surface area contributed by atoms with Crippen molar-refractivity contribution < 1.29 is 24.2 Å². The minimum Gasteiger partial charge on any atom is -0.497 e. The number of amides is 2. The van der Waals surface area contributed by atoms with Crippen molar-refractivity contribution >= 4 is 36.4 Å². The van der Waals surface area contributed by atoms with Crippen LogP contribution in [0.15, 0.2) is 55.1 Å². The van der Waals surface area contributed by atoms with Gasteiger partial charge in [-0.1, -0.05) is 43.4 Å². The van der Waals surface area contributed by atoms with Crippen LogP contribution in [-0.4, -0.2) is 57.9 Å². The quantitative estimate of drug-likeness (QED) is 0.392. The average molecular weight is 549 g/mol. The maximum atomic E-state index is 14.4. The first-order valence-corrected chi connectivity index (χ1v) is 17.1. The monoisotopic (exact) mass is 548 g/mol. The Kier molecular flexibility index (Phi) is 7.48. The maximum Gasteiger partial charge on any atom is 0.264 e. The van der Waals surface area contributed by atoms with Crippen LogP contribution in [-0.2, 0) is 19.9 Å². The number of carbonyl (C=O) groups excluding carboxylic acids is 2. The molecule has 1 spiro atoms. The van der Waals surface area contributed by atoms with E-state index in [2.05, 4.69) is 38.7 Å². The van der Waals surface area contributed by atoms with Gasteiger partial charge in [-0.25, -0.2) is 0 Å². The van der Waals surface area contributed by atoms with E-state index in [9.17, 15) is 14.7 Å².